The number of carbonyl (C=O) groups excluding carboxylic acids is 1. The van der Waals surface area contributed by atoms with E-state index in [0.717, 1.165) is 22.8 Å². The van der Waals surface area contributed by atoms with Gasteiger partial charge in [0, 0.05) is 29.5 Å². The van der Waals surface area contributed by atoms with Crippen molar-refractivity contribution in [3.05, 3.63) is 53.1 Å². The number of halogens is 1. The van der Waals surface area contributed by atoms with E-state index >= 15 is 0 Å². The van der Waals surface area contributed by atoms with Gasteiger partial charge in [0.1, 0.15) is 22.8 Å². The zero-order chi connectivity index (χ0) is 20.1. The van der Waals surface area contributed by atoms with Gasteiger partial charge in [-0.25, -0.2) is 0 Å². The molecule has 0 bridgehead atoms. The Morgan fingerprint density at radius 3 is 2.64 bits per heavy atom. The van der Waals surface area contributed by atoms with Crippen LogP contribution in [0.3, 0.4) is 0 Å². The van der Waals surface area contributed by atoms with Gasteiger partial charge in [0.2, 0.25) is 5.91 Å². The first-order chi connectivity index (χ1) is 13.4. The van der Waals surface area contributed by atoms with Gasteiger partial charge in [0.15, 0.2) is 0 Å². The molecule has 0 spiro atoms. The highest BCUT2D eigenvalue weighted by Gasteiger charge is 2.34. The zero-order valence-corrected chi connectivity index (χ0v) is 17.2. The molecule has 0 radical (unpaired) electrons. The average Bonchev–Trinajstić information content (AvgIpc) is 2.65. The molecule has 0 unspecified atom stereocenters. The maximum atomic E-state index is 12.5. The van der Waals surface area contributed by atoms with E-state index in [2.05, 4.69) is 5.32 Å². The lowest BCUT2D eigenvalue weighted by Crippen LogP contribution is -2.41. The Labute approximate surface area is 170 Å². The van der Waals surface area contributed by atoms with E-state index in [0.29, 0.717) is 30.9 Å². The van der Waals surface area contributed by atoms with Gasteiger partial charge in [0.05, 0.1) is 19.8 Å². The Morgan fingerprint density at radius 1 is 1.21 bits per heavy atom. The fourth-order valence-corrected chi connectivity index (χ4v) is 3.43. The van der Waals surface area contributed by atoms with Crippen molar-refractivity contribution in [2.24, 2.45) is 0 Å². The van der Waals surface area contributed by atoms with Crippen LogP contribution >= 0.6 is 11.6 Å². The lowest BCUT2D eigenvalue weighted by atomic mass is 9.89. The maximum Gasteiger partial charge on any atom is 0.220 e. The summed E-state index contributed by atoms with van der Waals surface area (Å²) in [5.41, 5.74) is 0.612. The van der Waals surface area contributed by atoms with E-state index < -0.39 is 0 Å². The summed E-state index contributed by atoms with van der Waals surface area (Å²) < 4.78 is 17.0. The third-order valence-electron chi connectivity index (χ3n) is 4.64. The Morgan fingerprint density at radius 2 is 1.93 bits per heavy atom. The van der Waals surface area contributed by atoms with Crippen molar-refractivity contribution in [2.75, 3.05) is 13.7 Å². The molecule has 1 N–H and O–H groups in total. The van der Waals surface area contributed by atoms with Crippen LogP contribution in [0.15, 0.2) is 42.5 Å². The van der Waals surface area contributed by atoms with Crippen molar-refractivity contribution in [3.8, 4) is 17.2 Å². The van der Waals surface area contributed by atoms with Crippen molar-refractivity contribution >= 4 is 17.5 Å². The van der Waals surface area contributed by atoms with Crippen LogP contribution < -0.4 is 19.5 Å². The molecule has 0 fully saturated rings. The summed E-state index contributed by atoms with van der Waals surface area (Å²) in [5, 5.41) is 3.81. The second-order valence-corrected chi connectivity index (χ2v) is 7.93. The Kier molecular flexibility index (Phi) is 6.35. The van der Waals surface area contributed by atoms with E-state index in [1.807, 2.05) is 44.2 Å². The predicted octanol–water partition coefficient (Wildman–Crippen LogP) is 4.93. The molecule has 2 aromatic rings. The first-order valence-electron chi connectivity index (χ1n) is 9.41. The highest BCUT2D eigenvalue weighted by molar-refractivity contribution is 6.30. The third kappa shape index (κ3) is 5.32. The van der Waals surface area contributed by atoms with Crippen molar-refractivity contribution in [3.63, 3.8) is 0 Å². The number of benzene rings is 2. The van der Waals surface area contributed by atoms with Crippen molar-refractivity contribution in [1.82, 2.24) is 5.32 Å². The molecule has 2 aromatic carbocycles. The standard InChI is InChI=1S/C22H26ClNO4/c1-22(2)14-19(18-11-10-17(26-3)13-20(18)28-22)24-21(25)5-4-12-27-16-8-6-15(23)7-9-16/h6-11,13,19H,4-5,12,14H2,1-3H3,(H,24,25)/t19-/m0/s1. The smallest absolute Gasteiger partial charge is 0.220 e. The molecule has 150 valence electrons. The number of hydrogen-bond donors (Lipinski definition) is 1. The van der Waals surface area contributed by atoms with Gasteiger partial charge in [-0.15, -0.1) is 0 Å². The Bertz CT molecular complexity index is 820. The summed E-state index contributed by atoms with van der Waals surface area (Å²) in [6, 6.07) is 12.8. The van der Waals surface area contributed by atoms with Gasteiger partial charge in [-0.3, -0.25) is 4.79 Å². The Hall–Kier alpha value is -2.40. The largest absolute Gasteiger partial charge is 0.497 e. The highest BCUT2D eigenvalue weighted by atomic mass is 35.5. The number of ether oxygens (including phenoxy) is 3. The molecule has 0 saturated heterocycles. The first kappa shape index (κ1) is 20.3. The van der Waals surface area contributed by atoms with Crippen molar-refractivity contribution in [1.29, 1.82) is 0 Å². The average molecular weight is 404 g/mol. The number of rotatable bonds is 7. The Balaban J connectivity index is 1.54. The molecule has 1 heterocycles. The minimum atomic E-state index is -0.366. The second kappa shape index (κ2) is 8.74. The number of fused-ring (bicyclic) bond motifs is 1. The molecule has 28 heavy (non-hydrogen) atoms. The molecule has 0 aliphatic carbocycles. The number of carbonyl (C=O) groups is 1. The van der Waals surface area contributed by atoms with Crippen LogP contribution in [0.25, 0.3) is 0 Å². The fraction of sp³-hybridized carbons (Fsp3) is 0.409. The lowest BCUT2D eigenvalue weighted by Gasteiger charge is -2.38. The minimum Gasteiger partial charge on any atom is -0.497 e. The van der Waals surface area contributed by atoms with Crippen LogP contribution in [0.4, 0.5) is 0 Å². The molecule has 1 amide bonds. The molecular weight excluding hydrogens is 378 g/mol. The SMILES string of the molecule is COc1ccc2c(c1)OC(C)(C)C[C@@H]2NC(=O)CCCOc1ccc(Cl)cc1. The van der Waals surface area contributed by atoms with Crippen LogP contribution in [-0.4, -0.2) is 25.2 Å². The summed E-state index contributed by atoms with van der Waals surface area (Å²) >= 11 is 5.86. The van der Waals surface area contributed by atoms with E-state index in [4.69, 9.17) is 25.8 Å². The van der Waals surface area contributed by atoms with Gasteiger partial charge < -0.3 is 19.5 Å². The third-order valence-corrected chi connectivity index (χ3v) is 4.90. The highest BCUT2D eigenvalue weighted by Crippen LogP contribution is 2.41. The van der Waals surface area contributed by atoms with Gasteiger partial charge in [-0.2, -0.15) is 0 Å². The zero-order valence-electron chi connectivity index (χ0n) is 16.5. The normalized spacial score (nSPS) is 17.2. The lowest BCUT2D eigenvalue weighted by molar-refractivity contribution is -0.122. The summed E-state index contributed by atoms with van der Waals surface area (Å²) in [6.45, 7) is 4.52. The van der Waals surface area contributed by atoms with Gasteiger partial charge in [-0.05, 0) is 56.7 Å². The van der Waals surface area contributed by atoms with Crippen molar-refractivity contribution < 1.29 is 19.0 Å². The van der Waals surface area contributed by atoms with Crippen LogP contribution in [0.2, 0.25) is 5.02 Å². The van der Waals surface area contributed by atoms with E-state index in [-0.39, 0.29) is 17.6 Å². The van der Waals surface area contributed by atoms with Crippen LogP contribution in [0.1, 0.15) is 44.7 Å². The van der Waals surface area contributed by atoms with Crippen LogP contribution in [0, 0.1) is 0 Å². The number of methoxy groups -OCH3 is 1. The number of amides is 1. The van der Waals surface area contributed by atoms with E-state index in [1.165, 1.54) is 0 Å². The van der Waals surface area contributed by atoms with E-state index in [1.54, 1.807) is 19.2 Å². The quantitative estimate of drug-likeness (QED) is 0.666. The molecule has 1 aliphatic heterocycles. The maximum absolute atomic E-state index is 12.5. The second-order valence-electron chi connectivity index (χ2n) is 7.50. The van der Waals surface area contributed by atoms with Gasteiger partial charge >= 0.3 is 0 Å². The molecule has 0 saturated carbocycles. The molecular formula is C22H26ClNO4. The van der Waals surface area contributed by atoms with E-state index in [9.17, 15) is 4.79 Å². The minimum absolute atomic E-state index is 0.00386. The number of nitrogens with one attached hydrogen (secondary N) is 1. The summed E-state index contributed by atoms with van der Waals surface area (Å²) in [4.78, 5) is 12.5. The predicted molar refractivity (Wildman–Crippen MR) is 109 cm³/mol. The summed E-state index contributed by atoms with van der Waals surface area (Å²) in [6.07, 6.45) is 1.74. The fourth-order valence-electron chi connectivity index (χ4n) is 3.31. The van der Waals surface area contributed by atoms with Crippen LogP contribution in [0.5, 0.6) is 17.2 Å². The summed E-state index contributed by atoms with van der Waals surface area (Å²) in [5.74, 6) is 2.25. The molecule has 1 atom stereocenters. The summed E-state index contributed by atoms with van der Waals surface area (Å²) in [7, 11) is 1.63. The van der Waals surface area contributed by atoms with Gasteiger partial charge in [-0.1, -0.05) is 11.6 Å². The van der Waals surface area contributed by atoms with Crippen LogP contribution in [-0.2, 0) is 4.79 Å². The monoisotopic (exact) mass is 403 g/mol. The number of hydrogen-bond acceptors (Lipinski definition) is 4. The molecule has 1 aliphatic rings. The molecule has 3 rings (SSSR count). The molecule has 6 heteroatoms. The molecule has 5 nitrogen and oxygen atoms in total. The topological polar surface area (TPSA) is 56.8 Å². The molecule has 0 aromatic heterocycles. The van der Waals surface area contributed by atoms with Gasteiger partial charge in [0.25, 0.3) is 0 Å². The first-order valence-corrected chi connectivity index (χ1v) is 9.79. The van der Waals surface area contributed by atoms with Crippen molar-refractivity contribution in [2.45, 2.75) is 44.8 Å².